The van der Waals surface area contributed by atoms with Crippen LogP contribution in [0.4, 0.5) is 0 Å². The van der Waals surface area contributed by atoms with Crippen molar-refractivity contribution in [2.45, 2.75) is 32.7 Å². The number of hydrogen-bond donors (Lipinski definition) is 1. The predicted molar refractivity (Wildman–Crippen MR) is 80.0 cm³/mol. The van der Waals surface area contributed by atoms with E-state index in [1.165, 1.54) is 5.56 Å². The molecule has 0 aliphatic carbocycles. The first-order valence-electron chi connectivity index (χ1n) is 7.27. The van der Waals surface area contributed by atoms with Crippen molar-refractivity contribution >= 4 is 5.91 Å². The van der Waals surface area contributed by atoms with Crippen molar-refractivity contribution in [3.05, 3.63) is 29.3 Å². The van der Waals surface area contributed by atoms with E-state index in [0.717, 1.165) is 30.8 Å². The SMILES string of the molecule is COc1ccc(C(C)C)cc1CN1CCCNCC1=O. The summed E-state index contributed by atoms with van der Waals surface area (Å²) >= 11 is 0. The van der Waals surface area contributed by atoms with E-state index in [-0.39, 0.29) is 5.91 Å². The zero-order valence-electron chi connectivity index (χ0n) is 12.6. The summed E-state index contributed by atoms with van der Waals surface area (Å²) in [5.41, 5.74) is 2.37. The summed E-state index contributed by atoms with van der Waals surface area (Å²) in [5, 5.41) is 3.15. The largest absolute Gasteiger partial charge is 0.496 e. The average molecular weight is 276 g/mol. The highest BCUT2D eigenvalue weighted by molar-refractivity contribution is 5.78. The lowest BCUT2D eigenvalue weighted by atomic mass is 10.00. The molecule has 1 aromatic carbocycles. The molecule has 1 aliphatic rings. The van der Waals surface area contributed by atoms with Crippen LogP contribution in [0.3, 0.4) is 0 Å². The maximum Gasteiger partial charge on any atom is 0.236 e. The van der Waals surface area contributed by atoms with E-state index in [4.69, 9.17) is 4.74 Å². The molecule has 0 aromatic heterocycles. The lowest BCUT2D eigenvalue weighted by Crippen LogP contribution is -2.34. The second-order valence-electron chi connectivity index (χ2n) is 5.57. The Bertz CT molecular complexity index is 472. The molecule has 0 bridgehead atoms. The first kappa shape index (κ1) is 14.9. The first-order valence-corrected chi connectivity index (χ1v) is 7.27. The second kappa shape index (κ2) is 6.75. The molecule has 0 saturated carbocycles. The van der Waals surface area contributed by atoms with E-state index in [9.17, 15) is 4.79 Å². The molecule has 1 amide bonds. The van der Waals surface area contributed by atoms with Crippen LogP contribution in [0.15, 0.2) is 18.2 Å². The van der Waals surface area contributed by atoms with Gasteiger partial charge in [-0.2, -0.15) is 0 Å². The summed E-state index contributed by atoms with van der Waals surface area (Å²) in [7, 11) is 1.68. The van der Waals surface area contributed by atoms with Crippen LogP contribution in [0.25, 0.3) is 0 Å². The fourth-order valence-electron chi connectivity index (χ4n) is 2.48. The quantitative estimate of drug-likeness (QED) is 0.916. The highest BCUT2D eigenvalue weighted by Crippen LogP contribution is 2.25. The standard InChI is InChI=1S/C16H24N2O2/c1-12(2)13-5-6-15(20-3)14(9-13)11-18-8-4-7-17-10-16(18)19/h5-6,9,12,17H,4,7-8,10-11H2,1-3H3. The Kier molecular flexibility index (Phi) is 5.01. The lowest BCUT2D eigenvalue weighted by Gasteiger charge is -2.22. The van der Waals surface area contributed by atoms with Gasteiger partial charge in [0.2, 0.25) is 5.91 Å². The van der Waals surface area contributed by atoms with Crippen molar-refractivity contribution in [3.63, 3.8) is 0 Å². The van der Waals surface area contributed by atoms with Crippen molar-refractivity contribution < 1.29 is 9.53 Å². The number of carbonyl (C=O) groups excluding carboxylic acids is 1. The molecular formula is C16H24N2O2. The Hall–Kier alpha value is -1.55. The van der Waals surface area contributed by atoms with Gasteiger partial charge in [0.25, 0.3) is 0 Å². The predicted octanol–water partition coefficient (Wildman–Crippen LogP) is 2.14. The lowest BCUT2D eigenvalue weighted by molar-refractivity contribution is -0.130. The summed E-state index contributed by atoms with van der Waals surface area (Å²) in [6, 6.07) is 6.26. The summed E-state index contributed by atoms with van der Waals surface area (Å²) in [4.78, 5) is 14.0. The molecule has 0 radical (unpaired) electrons. The smallest absolute Gasteiger partial charge is 0.236 e. The fraction of sp³-hybridized carbons (Fsp3) is 0.562. The third kappa shape index (κ3) is 3.51. The van der Waals surface area contributed by atoms with Gasteiger partial charge < -0.3 is 15.0 Å². The van der Waals surface area contributed by atoms with Crippen molar-refractivity contribution in [3.8, 4) is 5.75 Å². The monoisotopic (exact) mass is 276 g/mol. The van der Waals surface area contributed by atoms with Crippen LogP contribution in [0.2, 0.25) is 0 Å². The molecule has 1 N–H and O–H groups in total. The molecule has 1 aromatic rings. The van der Waals surface area contributed by atoms with Gasteiger partial charge in [-0.05, 0) is 30.5 Å². The molecular weight excluding hydrogens is 252 g/mol. The van der Waals surface area contributed by atoms with Gasteiger partial charge in [-0.15, -0.1) is 0 Å². The highest BCUT2D eigenvalue weighted by Gasteiger charge is 2.18. The number of nitrogens with zero attached hydrogens (tertiary/aromatic N) is 1. The second-order valence-corrected chi connectivity index (χ2v) is 5.57. The Morgan fingerprint density at radius 2 is 2.20 bits per heavy atom. The van der Waals surface area contributed by atoms with Crippen LogP contribution in [0.1, 0.15) is 37.3 Å². The topological polar surface area (TPSA) is 41.6 Å². The number of ether oxygens (including phenoxy) is 1. The molecule has 0 atom stereocenters. The number of rotatable bonds is 4. The van der Waals surface area contributed by atoms with Gasteiger partial charge in [0.15, 0.2) is 0 Å². The van der Waals surface area contributed by atoms with Gasteiger partial charge >= 0.3 is 0 Å². The zero-order valence-corrected chi connectivity index (χ0v) is 12.6. The number of hydrogen-bond acceptors (Lipinski definition) is 3. The molecule has 2 rings (SSSR count). The first-order chi connectivity index (χ1) is 9.61. The fourth-order valence-corrected chi connectivity index (χ4v) is 2.48. The minimum absolute atomic E-state index is 0.166. The maximum atomic E-state index is 12.1. The Labute approximate surface area is 121 Å². The summed E-state index contributed by atoms with van der Waals surface area (Å²) in [6.07, 6.45) is 0.998. The van der Waals surface area contributed by atoms with Gasteiger partial charge in [0, 0.05) is 18.7 Å². The molecule has 0 spiro atoms. The van der Waals surface area contributed by atoms with E-state index >= 15 is 0 Å². The minimum atomic E-state index is 0.166. The van der Waals surface area contributed by atoms with Crippen LogP contribution < -0.4 is 10.1 Å². The number of carbonyl (C=O) groups is 1. The van der Waals surface area contributed by atoms with Crippen LogP contribution in [0, 0.1) is 0 Å². The van der Waals surface area contributed by atoms with Crippen molar-refractivity contribution in [1.82, 2.24) is 10.2 Å². The maximum absolute atomic E-state index is 12.1. The van der Waals surface area contributed by atoms with Gasteiger partial charge in [0.05, 0.1) is 13.7 Å². The minimum Gasteiger partial charge on any atom is -0.496 e. The third-order valence-electron chi connectivity index (χ3n) is 3.74. The number of nitrogens with one attached hydrogen (secondary N) is 1. The van der Waals surface area contributed by atoms with E-state index in [1.807, 2.05) is 11.0 Å². The van der Waals surface area contributed by atoms with Gasteiger partial charge in [0.1, 0.15) is 5.75 Å². The molecule has 4 nitrogen and oxygen atoms in total. The molecule has 1 heterocycles. The molecule has 1 saturated heterocycles. The number of methoxy groups -OCH3 is 1. The Morgan fingerprint density at radius 1 is 1.40 bits per heavy atom. The van der Waals surface area contributed by atoms with Crippen LogP contribution in [-0.4, -0.2) is 37.6 Å². The zero-order chi connectivity index (χ0) is 14.5. The normalized spacial score (nSPS) is 16.4. The van der Waals surface area contributed by atoms with E-state index in [0.29, 0.717) is 19.0 Å². The van der Waals surface area contributed by atoms with Crippen LogP contribution in [-0.2, 0) is 11.3 Å². The van der Waals surface area contributed by atoms with Crippen molar-refractivity contribution in [2.24, 2.45) is 0 Å². The Morgan fingerprint density at radius 3 is 2.90 bits per heavy atom. The highest BCUT2D eigenvalue weighted by atomic mass is 16.5. The summed E-state index contributed by atoms with van der Waals surface area (Å²) in [6.45, 7) is 7.13. The third-order valence-corrected chi connectivity index (χ3v) is 3.74. The van der Waals surface area contributed by atoms with Crippen molar-refractivity contribution in [1.29, 1.82) is 0 Å². The van der Waals surface area contributed by atoms with Crippen molar-refractivity contribution in [2.75, 3.05) is 26.7 Å². The van der Waals surface area contributed by atoms with E-state index in [1.54, 1.807) is 7.11 Å². The van der Waals surface area contributed by atoms with Crippen LogP contribution in [0.5, 0.6) is 5.75 Å². The molecule has 0 unspecified atom stereocenters. The number of benzene rings is 1. The van der Waals surface area contributed by atoms with Gasteiger partial charge in [-0.1, -0.05) is 26.0 Å². The molecule has 1 fully saturated rings. The summed E-state index contributed by atoms with van der Waals surface area (Å²) in [5.74, 6) is 1.50. The molecule has 4 heteroatoms. The molecule has 1 aliphatic heterocycles. The van der Waals surface area contributed by atoms with E-state index < -0.39 is 0 Å². The molecule has 20 heavy (non-hydrogen) atoms. The van der Waals surface area contributed by atoms with Gasteiger partial charge in [-0.3, -0.25) is 4.79 Å². The van der Waals surface area contributed by atoms with Gasteiger partial charge in [-0.25, -0.2) is 0 Å². The number of amides is 1. The van der Waals surface area contributed by atoms with Crippen LogP contribution >= 0.6 is 0 Å². The average Bonchev–Trinajstić information content (AvgIpc) is 2.64. The molecule has 110 valence electrons. The van der Waals surface area contributed by atoms with E-state index in [2.05, 4.69) is 31.3 Å². The summed E-state index contributed by atoms with van der Waals surface area (Å²) < 4.78 is 5.43. The Balaban J connectivity index is 2.21.